The molecule has 2 N–H and O–H groups in total. The van der Waals surface area contributed by atoms with E-state index in [4.69, 9.17) is 0 Å². The molecule has 0 aliphatic rings. The van der Waals surface area contributed by atoms with Crippen LogP contribution in [0.4, 0.5) is 8.78 Å². The Morgan fingerprint density at radius 1 is 1.30 bits per heavy atom. The SMILES string of the molecule is O=C(Cc1ccc(F)c(F)c1)NCC(O)c1ccsc1. The van der Waals surface area contributed by atoms with Gasteiger partial charge in [0.05, 0.1) is 12.5 Å². The topological polar surface area (TPSA) is 49.3 Å². The Bertz CT molecular complexity index is 587. The van der Waals surface area contributed by atoms with Gasteiger partial charge in [-0.05, 0) is 40.1 Å². The predicted octanol–water partition coefficient (Wildman–Crippen LogP) is 2.42. The molecular weight excluding hydrogens is 284 g/mol. The molecule has 3 nitrogen and oxygen atoms in total. The van der Waals surface area contributed by atoms with Crippen molar-refractivity contribution in [2.45, 2.75) is 12.5 Å². The van der Waals surface area contributed by atoms with Crippen molar-refractivity contribution in [3.63, 3.8) is 0 Å². The fraction of sp³-hybridized carbons (Fsp3) is 0.214. The number of carbonyl (C=O) groups is 1. The second-order valence-corrected chi connectivity index (χ2v) is 5.08. The Balaban J connectivity index is 1.85. The molecule has 1 aromatic heterocycles. The van der Waals surface area contributed by atoms with Gasteiger partial charge in [-0.2, -0.15) is 11.3 Å². The van der Waals surface area contributed by atoms with Crippen molar-refractivity contribution in [1.82, 2.24) is 5.32 Å². The number of nitrogens with one attached hydrogen (secondary N) is 1. The lowest BCUT2D eigenvalue weighted by Crippen LogP contribution is -2.29. The van der Waals surface area contributed by atoms with Crippen LogP contribution >= 0.6 is 11.3 Å². The summed E-state index contributed by atoms with van der Waals surface area (Å²) < 4.78 is 25.7. The minimum absolute atomic E-state index is 0.0619. The maximum atomic E-state index is 13.0. The van der Waals surface area contributed by atoms with Crippen LogP contribution in [0.1, 0.15) is 17.2 Å². The highest BCUT2D eigenvalue weighted by Gasteiger charge is 2.11. The van der Waals surface area contributed by atoms with E-state index in [1.54, 1.807) is 11.4 Å². The van der Waals surface area contributed by atoms with E-state index in [2.05, 4.69) is 5.32 Å². The highest BCUT2D eigenvalue weighted by atomic mass is 32.1. The van der Waals surface area contributed by atoms with Crippen LogP contribution in [0.2, 0.25) is 0 Å². The highest BCUT2D eigenvalue weighted by molar-refractivity contribution is 7.07. The third-order valence-corrected chi connectivity index (χ3v) is 3.47. The van der Waals surface area contributed by atoms with Crippen LogP contribution in [-0.2, 0) is 11.2 Å². The molecule has 0 bridgehead atoms. The van der Waals surface area contributed by atoms with Crippen LogP contribution in [0, 0.1) is 11.6 Å². The Kier molecular flexibility index (Phi) is 4.81. The number of thiophene rings is 1. The highest BCUT2D eigenvalue weighted by Crippen LogP contribution is 2.15. The van der Waals surface area contributed by atoms with Crippen molar-refractivity contribution >= 4 is 17.2 Å². The van der Waals surface area contributed by atoms with Gasteiger partial charge in [0.25, 0.3) is 0 Å². The lowest BCUT2D eigenvalue weighted by atomic mass is 10.1. The van der Waals surface area contributed by atoms with Crippen molar-refractivity contribution in [3.05, 3.63) is 57.8 Å². The van der Waals surface area contributed by atoms with Crippen LogP contribution in [0.5, 0.6) is 0 Å². The molecule has 0 aliphatic carbocycles. The van der Waals surface area contributed by atoms with Gasteiger partial charge in [-0.15, -0.1) is 0 Å². The molecule has 2 rings (SSSR count). The first kappa shape index (κ1) is 14.6. The van der Waals surface area contributed by atoms with Gasteiger partial charge in [0.1, 0.15) is 0 Å². The van der Waals surface area contributed by atoms with Crippen LogP contribution in [-0.4, -0.2) is 17.6 Å². The van der Waals surface area contributed by atoms with Crippen molar-refractivity contribution in [2.75, 3.05) is 6.54 Å². The van der Waals surface area contributed by atoms with Gasteiger partial charge < -0.3 is 10.4 Å². The second kappa shape index (κ2) is 6.58. The molecule has 0 fully saturated rings. The Hall–Kier alpha value is -1.79. The molecule has 0 saturated carbocycles. The largest absolute Gasteiger partial charge is 0.387 e. The van der Waals surface area contributed by atoms with Crippen LogP contribution < -0.4 is 5.32 Å². The summed E-state index contributed by atoms with van der Waals surface area (Å²) in [5.41, 5.74) is 1.12. The van der Waals surface area contributed by atoms with E-state index in [0.717, 1.165) is 17.7 Å². The van der Waals surface area contributed by atoms with Crippen LogP contribution in [0.15, 0.2) is 35.0 Å². The third kappa shape index (κ3) is 3.85. The monoisotopic (exact) mass is 297 g/mol. The summed E-state index contributed by atoms with van der Waals surface area (Å²) in [7, 11) is 0. The fourth-order valence-corrected chi connectivity index (χ4v) is 2.40. The number of rotatable bonds is 5. The van der Waals surface area contributed by atoms with Crippen molar-refractivity contribution in [2.24, 2.45) is 0 Å². The predicted molar refractivity (Wildman–Crippen MR) is 72.4 cm³/mol. The maximum Gasteiger partial charge on any atom is 0.224 e. The smallest absolute Gasteiger partial charge is 0.224 e. The van der Waals surface area contributed by atoms with E-state index >= 15 is 0 Å². The van der Waals surface area contributed by atoms with Gasteiger partial charge in [-0.1, -0.05) is 6.07 Å². The first-order chi connectivity index (χ1) is 9.56. The lowest BCUT2D eigenvalue weighted by molar-refractivity contribution is -0.120. The third-order valence-electron chi connectivity index (χ3n) is 2.77. The number of hydrogen-bond acceptors (Lipinski definition) is 3. The zero-order valence-electron chi connectivity index (χ0n) is 10.5. The summed E-state index contributed by atoms with van der Waals surface area (Å²) in [4.78, 5) is 11.6. The second-order valence-electron chi connectivity index (χ2n) is 4.30. The number of halogens is 2. The number of benzene rings is 1. The Morgan fingerprint density at radius 2 is 2.10 bits per heavy atom. The van der Waals surface area contributed by atoms with E-state index < -0.39 is 17.7 Å². The number of hydrogen-bond donors (Lipinski definition) is 2. The molecule has 1 aromatic carbocycles. The Morgan fingerprint density at radius 3 is 2.75 bits per heavy atom. The van der Waals surface area contributed by atoms with Gasteiger partial charge in [0.2, 0.25) is 5.91 Å². The summed E-state index contributed by atoms with van der Waals surface area (Å²) in [6, 6.07) is 5.10. The van der Waals surface area contributed by atoms with Crippen LogP contribution in [0.3, 0.4) is 0 Å². The summed E-state index contributed by atoms with van der Waals surface area (Å²) in [6.45, 7) is 0.0826. The fourth-order valence-electron chi connectivity index (χ4n) is 1.69. The molecular formula is C14H13F2NO2S. The maximum absolute atomic E-state index is 13.0. The number of carbonyl (C=O) groups excluding carboxylic acids is 1. The zero-order valence-corrected chi connectivity index (χ0v) is 11.3. The van der Waals surface area contributed by atoms with Gasteiger partial charge in [0, 0.05) is 6.54 Å². The zero-order chi connectivity index (χ0) is 14.5. The number of aliphatic hydroxyl groups is 1. The quantitative estimate of drug-likeness (QED) is 0.890. The van der Waals surface area contributed by atoms with Gasteiger partial charge in [0.15, 0.2) is 11.6 Å². The normalized spacial score (nSPS) is 12.2. The molecule has 2 aromatic rings. The van der Waals surface area contributed by atoms with Crippen molar-refractivity contribution in [3.8, 4) is 0 Å². The van der Waals surface area contributed by atoms with E-state index in [1.807, 2.05) is 5.38 Å². The summed E-state index contributed by atoms with van der Waals surface area (Å²) in [6.07, 6.45) is -0.830. The molecule has 0 radical (unpaired) electrons. The van der Waals surface area contributed by atoms with Crippen molar-refractivity contribution < 1.29 is 18.7 Å². The number of aliphatic hydroxyl groups excluding tert-OH is 1. The molecule has 20 heavy (non-hydrogen) atoms. The molecule has 0 saturated heterocycles. The summed E-state index contributed by atoms with van der Waals surface area (Å²) in [5.74, 6) is -2.28. The number of amides is 1. The molecule has 1 amide bonds. The first-order valence-corrected chi connectivity index (χ1v) is 6.91. The standard InChI is InChI=1S/C14H13F2NO2S/c15-11-2-1-9(5-12(11)16)6-14(19)17-7-13(18)10-3-4-20-8-10/h1-5,8,13,18H,6-7H2,(H,17,19). The Labute approximate surface area is 118 Å². The molecule has 1 heterocycles. The van der Waals surface area contributed by atoms with Gasteiger partial charge in [-0.3, -0.25) is 4.79 Å². The van der Waals surface area contributed by atoms with E-state index in [-0.39, 0.29) is 18.9 Å². The van der Waals surface area contributed by atoms with E-state index in [0.29, 0.717) is 5.56 Å². The molecule has 1 unspecified atom stereocenters. The molecule has 0 spiro atoms. The minimum Gasteiger partial charge on any atom is -0.387 e. The van der Waals surface area contributed by atoms with E-state index in [9.17, 15) is 18.7 Å². The summed E-state index contributed by atoms with van der Waals surface area (Å²) in [5, 5.41) is 16.0. The molecule has 106 valence electrons. The van der Waals surface area contributed by atoms with Gasteiger partial charge >= 0.3 is 0 Å². The summed E-state index contributed by atoms with van der Waals surface area (Å²) >= 11 is 1.46. The van der Waals surface area contributed by atoms with Crippen LogP contribution in [0.25, 0.3) is 0 Å². The average molecular weight is 297 g/mol. The lowest BCUT2D eigenvalue weighted by Gasteiger charge is -2.10. The average Bonchev–Trinajstić information content (AvgIpc) is 2.94. The molecule has 6 heteroatoms. The van der Waals surface area contributed by atoms with E-state index in [1.165, 1.54) is 17.4 Å². The first-order valence-electron chi connectivity index (χ1n) is 5.97. The molecule has 1 atom stereocenters. The van der Waals surface area contributed by atoms with Crippen molar-refractivity contribution in [1.29, 1.82) is 0 Å². The minimum atomic E-state index is -0.978. The van der Waals surface area contributed by atoms with Gasteiger partial charge in [-0.25, -0.2) is 8.78 Å². The molecule has 0 aliphatic heterocycles.